The van der Waals surface area contributed by atoms with Gasteiger partial charge < -0.3 is 15.6 Å². The number of sulfone groups is 1. The zero-order chi connectivity index (χ0) is 22.4. The van der Waals surface area contributed by atoms with Gasteiger partial charge in [-0.15, -0.1) is 24.0 Å². The molecule has 32 heavy (non-hydrogen) atoms. The molecule has 3 N–H and O–H groups in total. The van der Waals surface area contributed by atoms with E-state index in [0.29, 0.717) is 11.4 Å². The minimum atomic E-state index is -3.21. The van der Waals surface area contributed by atoms with Gasteiger partial charge in [-0.3, -0.25) is 0 Å². The first-order valence-electron chi connectivity index (χ1n) is 10.7. The van der Waals surface area contributed by atoms with E-state index in [1.54, 1.807) is 6.07 Å². The summed E-state index contributed by atoms with van der Waals surface area (Å²) in [7, 11) is -3.21. The highest BCUT2D eigenvalue weighted by molar-refractivity contribution is 14.0. The van der Waals surface area contributed by atoms with Crippen molar-refractivity contribution >= 4 is 50.7 Å². The highest BCUT2D eigenvalue weighted by Crippen LogP contribution is 2.22. The Bertz CT molecular complexity index is 1190. The lowest BCUT2D eigenvalue weighted by atomic mass is 10.1. The molecule has 0 bridgehead atoms. The molecule has 0 radical (unpaired) electrons. The molecule has 6 nitrogen and oxygen atoms in total. The molecule has 0 saturated carbocycles. The van der Waals surface area contributed by atoms with Crippen LogP contribution in [0.25, 0.3) is 10.9 Å². The first-order chi connectivity index (χ1) is 14.8. The number of halogens is 1. The molecule has 0 atom stereocenters. The van der Waals surface area contributed by atoms with Gasteiger partial charge in [0.15, 0.2) is 15.8 Å². The lowest BCUT2D eigenvalue weighted by Crippen LogP contribution is -2.38. The molecule has 0 amide bonds. The first kappa shape index (κ1) is 26.2. The number of aliphatic imine (C=N–C) groups is 1. The molecule has 0 saturated heterocycles. The van der Waals surface area contributed by atoms with Gasteiger partial charge in [-0.2, -0.15) is 0 Å². The average Bonchev–Trinajstić information content (AvgIpc) is 3.14. The normalized spacial score (nSPS) is 11.9. The maximum Gasteiger partial charge on any atom is 0.191 e. The summed E-state index contributed by atoms with van der Waals surface area (Å²) >= 11 is 0. The molecule has 1 heterocycles. The second kappa shape index (κ2) is 11.7. The number of aryl methyl sites for hydroxylation is 2. The van der Waals surface area contributed by atoms with E-state index in [0.717, 1.165) is 43.0 Å². The Hall–Kier alpha value is -2.07. The summed E-state index contributed by atoms with van der Waals surface area (Å²) in [6, 6.07) is 11.8. The van der Waals surface area contributed by atoms with Gasteiger partial charge in [0.05, 0.1) is 11.4 Å². The van der Waals surface area contributed by atoms with Crippen molar-refractivity contribution in [3.8, 4) is 0 Å². The molecule has 2 aromatic carbocycles. The molecular formula is C24H33IN4O2S. The number of nitrogens with one attached hydrogen (secondary N) is 3. The summed E-state index contributed by atoms with van der Waals surface area (Å²) in [6.07, 6.45) is 5.23. The van der Waals surface area contributed by atoms with E-state index in [4.69, 9.17) is 0 Å². The molecule has 0 unspecified atom stereocenters. The molecule has 0 aliphatic heterocycles. The van der Waals surface area contributed by atoms with E-state index in [2.05, 4.69) is 51.9 Å². The number of guanidine groups is 1. The highest BCUT2D eigenvalue weighted by Gasteiger charge is 2.11. The maximum atomic E-state index is 11.8. The summed E-state index contributed by atoms with van der Waals surface area (Å²) in [5.41, 5.74) is 5.59. The molecule has 1 aromatic heterocycles. The lowest BCUT2D eigenvalue weighted by Gasteiger charge is -2.12. The molecule has 8 heteroatoms. The summed E-state index contributed by atoms with van der Waals surface area (Å²) in [5.74, 6) is 0.751. The lowest BCUT2D eigenvalue weighted by molar-refractivity contribution is 0.601. The van der Waals surface area contributed by atoms with Crippen LogP contribution in [0, 0.1) is 6.92 Å². The quantitative estimate of drug-likeness (QED) is 0.214. The van der Waals surface area contributed by atoms with E-state index in [9.17, 15) is 8.42 Å². The summed E-state index contributed by atoms with van der Waals surface area (Å²) in [4.78, 5) is 8.45. The predicted octanol–water partition coefficient (Wildman–Crippen LogP) is 4.36. The number of hydrogen-bond donors (Lipinski definition) is 3. The van der Waals surface area contributed by atoms with Crippen molar-refractivity contribution in [2.75, 3.05) is 19.3 Å². The molecule has 0 spiro atoms. The van der Waals surface area contributed by atoms with Crippen molar-refractivity contribution in [1.29, 1.82) is 0 Å². The van der Waals surface area contributed by atoms with Gasteiger partial charge in [0.1, 0.15) is 0 Å². The van der Waals surface area contributed by atoms with Crippen LogP contribution in [0.3, 0.4) is 0 Å². The molecular weight excluding hydrogens is 535 g/mol. The smallest absolute Gasteiger partial charge is 0.191 e. The van der Waals surface area contributed by atoms with Crippen molar-refractivity contribution in [2.45, 2.75) is 45.1 Å². The van der Waals surface area contributed by atoms with Crippen LogP contribution >= 0.6 is 24.0 Å². The number of nitrogens with zero attached hydrogens (tertiary/aromatic N) is 1. The number of rotatable bonds is 8. The molecule has 3 rings (SSSR count). The number of fused-ring (bicyclic) bond motifs is 1. The van der Waals surface area contributed by atoms with Crippen molar-refractivity contribution in [1.82, 2.24) is 15.6 Å². The Morgan fingerprint density at radius 1 is 1.09 bits per heavy atom. The van der Waals surface area contributed by atoms with Crippen LogP contribution in [0.1, 0.15) is 36.1 Å². The zero-order valence-electron chi connectivity index (χ0n) is 19.2. The first-order valence-corrected chi connectivity index (χ1v) is 12.6. The fraction of sp³-hybridized carbons (Fsp3) is 0.375. The SMILES string of the molecule is CCNC(=NCc1ccc(S(C)(=O)=O)c(C)c1)NCCc1c[nH]c2c(CC)cccc12.I. The van der Waals surface area contributed by atoms with E-state index >= 15 is 0 Å². The minimum absolute atomic E-state index is 0. The highest BCUT2D eigenvalue weighted by atomic mass is 127. The second-order valence-electron chi connectivity index (χ2n) is 7.75. The Kier molecular flexibility index (Phi) is 9.57. The molecule has 0 fully saturated rings. The Labute approximate surface area is 208 Å². The van der Waals surface area contributed by atoms with Crippen LogP contribution in [0.15, 0.2) is 52.5 Å². The monoisotopic (exact) mass is 568 g/mol. The van der Waals surface area contributed by atoms with Crippen LogP contribution in [0.2, 0.25) is 0 Å². The van der Waals surface area contributed by atoms with Crippen LogP contribution in [0.5, 0.6) is 0 Å². The molecule has 3 aromatic rings. The molecule has 0 aliphatic rings. The van der Waals surface area contributed by atoms with Gasteiger partial charge in [0.2, 0.25) is 0 Å². The van der Waals surface area contributed by atoms with Gasteiger partial charge in [-0.25, -0.2) is 13.4 Å². The standard InChI is InChI=1S/C24H32N4O2S.HI/c1-5-19-8-7-9-21-20(16-27-23(19)21)12-13-26-24(25-6-2)28-15-18-10-11-22(17(3)14-18)31(4,29)30;/h7-11,14,16,27H,5-6,12-13,15H2,1-4H3,(H2,25,26,28);1H. The molecule has 174 valence electrons. The van der Waals surface area contributed by atoms with Crippen molar-refractivity contribution in [3.05, 3.63) is 64.8 Å². The largest absolute Gasteiger partial charge is 0.361 e. The average molecular weight is 569 g/mol. The van der Waals surface area contributed by atoms with Gasteiger partial charge in [0, 0.05) is 36.4 Å². The Morgan fingerprint density at radius 3 is 2.53 bits per heavy atom. The summed E-state index contributed by atoms with van der Waals surface area (Å²) in [5, 5.41) is 7.96. The third kappa shape index (κ3) is 6.48. The number of aromatic amines is 1. The fourth-order valence-corrected chi connectivity index (χ4v) is 4.79. The Morgan fingerprint density at radius 2 is 1.88 bits per heavy atom. The Balaban J connectivity index is 0.00000363. The number of aromatic nitrogens is 1. The van der Waals surface area contributed by atoms with Crippen molar-refractivity contribution in [3.63, 3.8) is 0 Å². The third-order valence-electron chi connectivity index (χ3n) is 5.36. The van der Waals surface area contributed by atoms with Gasteiger partial charge in [-0.1, -0.05) is 37.3 Å². The predicted molar refractivity (Wildman–Crippen MR) is 144 cm³/mol. The van der Waals surface area contributed by atoms with Crippen molar-refractivity contribution in [2.24, 2.45) is 4.99 Å². The van der Waals surface area contributed by atoms with Gasteiger partial charge in [0.25, 0.3) is 0 Å². The second-order valence-corrected chi connectivity index (χ2v) is 9.74. The maximum absolute atomic E-state index is 11.8. The summed E-state index contributed by atoms with van der Waals surface area (Å²) in [6.45, 7) is 8.04. The van der Waals surface area contributed by atoms with E-state index < -0.39 is 9.84 Å². The van der Waals surface area contributed by atoms with E-state index in [-0.39, 0.29) is 24.0 Å². The zero-order valence-corrected chi connectivity index (χ0v) is 22.3. The number of benzene rings is 2. The number of para-hydroxylation sites is 1. The fourth-order valence-electron chi connectivity index (χ4n) is 3.83. The van der Waals surface area contributed by atoms with Crippen LogP contribution in [-0.2, 0) is 29.2 Å². The minimum Gasteiger partial charge on any atom is -0.361 e. The molecule has 0 aliphatic carbocycles. The van der Waals surface area contributed by atoms with Crippen LogP contribution < -0.4 is 10.6 Å². The number of H-pyrrole nitrogens is 1. The van der Waals surface area contributed by atoms with E-state index in [1.807, 2.05) is 26.0 Å². The van der Waals surface area contributed by atoms with E-state index in [1.165, 1.54) is 28.3 Å². The van der Waals surface area contributed by atoms with Crippen LogP contribution in [-0.4, -0.2) is 38.7 Å². The summed E-state index contributed by atoms with van der Waals surface area (Å²) < 4.78 is 23.6. The topological polar surface area (TPSA) is 86.3 Å². The van der Waals surface area contributed by atoms with Gasteiger partial charge in [-0.05, 0) is 55.0 Å². The van der Waals surface area contributed by atoms with Crippen LogP contribution in [0.4, 0.5) is 0 Å². The number of hydrogen-bond acceptors (Lipinski definition) is 3. The van der Waals surface area contributed by atoms with Crippen molar-refractivity contribution < 1.29 is 8.42 Å². The third-order valence-corrected chi connectivity index (χ3v) is 6.61. The van der Waals surface area contributed by atoms with Gasteiger partial charge >= 0.3 is 0 Å².